The van der Waals surface area contributed by atoms with Gasteiger partial charge in [0, 0.05) is 25.2 Å². The summed E-state index contributed by atoms with van der Waals surface area (Å²) in [7, 11) is -3.72. The van der Waals surface area contributed by atoms with E-state index in [1.165, 1.54) is 12.4 Å². The largest absolute Gasteiger partial charge is 0.383 e. The molecule has 198 valence electrons. The highest BCUT2D eigenvalue weighted by molar-refractivity contribution is 7.89. The molecule has 0 saturated carbocycles. The van der Waals surface area contributed by atoms with Gasteiger partial charge in [-0.2, -0.15) is 10.2 Å². The van der Waals surface area contributed by atoms with Crippen LogP contribution >= 0.6 is 0 Å². The normalized spacial score (nSPS) is 16.2. The molecule has 12 nitrogen and oxygen atoms in total. The number of carbonyl (C=O) groups excluding carboxylic acids is 1. The van der Waals surface area contributed by atoms with Crippen LogP contribution in [0.25, 0.3) is 22.3 Å². The summed E-state index contributed by atoms with van der Waals surface area (Å²) in [5.74, 6) is 0.207. The van der Waals surface area contributed by atoms with Crippen LogP contribution in [-0.2, 0) is 21.4 Å². The molecule has 13 heteroatoms. The lowest BCUT2D eigenvalue weighted by atomic mass is 10.1. The molecule has 4 heterocycles. The highest BCUT2D eigenvalue weighted by atomic mass is 32.2. The second kappa shape index (κ2) is 9.99. The molecule has 4 aromatic rings. The fraction of sp³-hybridized carbons (Fsp3) is 0.320. The summed E-state index contributed by atoms with van der Waals surface area (Å²) >= 11 is 0. The van der Waals surface area contributed by atoms with E-state index in [2.05, 4.69) is 31.5 Å². The standard InChI is InChI=1S/C25H29N9O3S/c1-4-20(35)33-11-5-6-19(13-33)34-25-21(24(26)27-14-28-25)22(32-34)18-9-7-17(8-10-18)12-29-38(36,37)23-15(2)30-31-16(23)3/h4,7-10,14,19,29H,1,5-6,11-13H2,2-3H3,(H,30,31)(H2,26,27,28). The SMILES string of the molecule is C=CC(=O)N1CCCC(n2nc(-c3ccc(CNS(=O)(=O)c4c(C)n[nH]c4C)cc3)c3c(N)ncnc32)C1. The molecule has 1 aromatic carbocycles. The van der Waals surface area contributed by atoms with Crippen LogP contribution in [0.5, 0.6) is 0 Å². The van der Waals surface area contributed by atoms with Crippen LogP contribution in [0.15, 0.2) is 48.1 Å². The molecular weight excluding hydrogens is 506 g/mol. The molecule has 0 radical (unpaired) electrons. The maximum Gasteiger partial charge on any atom is 0.246 e. The quantitative estimate of drug-likeness (QED) is 0.303. The van der Waals surface area contributed by atoms with Crippen LogP contribution in [0.1, 0.15) is 35.8 Å². The Morgan fingerprint density at radius 2 is 2.03 bits per heavy atom. The van der Waals surface area contributed by atoms with Gasteiger partial charge in [0.25, 0.3) is 0 Å². The Labute approximate surface area is 220 Å². The molecule has 1 aliphatic heterocycles. The molecule has 0 spiro atoms. The molecule has 1 atom stereocenters. The number of nitrogens with two attached hydrogens (primary N) is 1. The zero-order valence-electron chi connectivity index (χ0n) is 21.2. The average Bonchev–Trinajstić information content (AvgIpc) is 3.48. The number of carbonyl (C=O) groups is 1. The first-order valence-corrected chi connectivity index (χ1v) is 13.7. The van der Waals surface area contributed by atoms with Crippen LogP contribution in [0.2, 0.25) is 0 Å². The van der Waals surface area contributed by atoms with Crippen molar-refractivity contribution in [2.75, 3.05) is 18.8 Å². The van der Waals surface area contributed by atoms with E-state index in [1.807, 2.05) is 28.9 Å². The third-order valence-electron chi connectivity index (χ3n) is 6.77. The Kier molecular flexibility index (Phi) is 6.71. The Balaban J connectivity index is 1.42. The topological polar surface area (TPSA) is 165 Å². The van der Waals surface area contributed by atoms with Crippen molar-refractivity contribution in [1.82, 2.24) is 39.6 Å². The molecule has 38 heavy (non-hydrogen) atoms. The smallest absolute Gasteiger partial charge is 0.246 e. The number of aromatic amines is 1. The Hall–Kier alpha value is -4.10. The van der Waals surface area contributed by atoms with E-state index < -0.39 is 10.0 Å². The van der Waals surface area contributed by atoms with Gasteiger partial charge in [-0.25, -0.2) is 27.8 Å². The first-order valence-electron chi connectivity index (χ1n) is 12.2. The predicted molar refractivity (Wildman–Crippen MR) is 142 cm³/mol. The monoisotopic (exact) mass is 535 g/mol. The minimum atomic E-state index is -3.72. The number of H-pyrrole nitrogens is 1. The molecule has 1 aliphatic rings. The number of rotatable bonds is 7. The number of nitrogen functional groups attached to an aromatic ring is 1. The molecule has 1 saturated heterocycles. The number of sulfonamides is 1. The van der Waals surface area contributed by atoms with Gasteiger partial charge in [-0.1, -0.05) is 30.8 Å². The summed E-state index contributed by atoms with van der Waals surface area (Å²) in [4.78, 5) is 22.8. The van der Waals surface area contributed by atoms with Gasteiger partial charge in [-0.3, -0.25) is 9.89 Å². The molecule has 3 aromatic heterocycles. The highest BCUT2D eigenvalue weighted by Gasteiger charge is 2.28. The molecule has 0 bridgehead atoms. The number of aryl methyl sites for hydroxylation is 2. The molecular formula is C25H29N9O3S. The Morgan fingerprint density at radius 3 is 2.71 bits per heavy atom. The maximum atomic E-state index is 12.8. The fourth-order valence-electron chi connectivity index (χ4n) is 4.90. The lowest BCUT2D eigenvalue weighted by molar-refractivity contribution is -0.127. The van der Waals surface area contributed by atoms with Gasteiger partial charge < -0.3 is 10.6 Å². The number of amides is 1. The van der Waals surface area contributed by atoms with Gasteiger partial charge in [0.2, 0.25) is 15.9 Å². The van der Waals surface area contributed by atoms with Crippen molar-refractivity contribution < 1.29 is 13.2 Å². The average molecular weight is 536 g/mol. The van der Waals surface area contributed by atoms with Crippen LogP contribution in [0, 0.1) is 13.8 Å². The van der Waals surface area contributed by atoms with Gasteiger partial charge in [0.1, 0.15) is 22.7 Å². The number of likely N-dealkylation sites (tertiary alicyclic amines) is 1. The summed E-state index contributed by atoms with van der Waals surface area (Å²) in [6, 6.07) is 7.34. The van der Waals surface area contributed by atoms with E-state index in [0.717, 1.165) is 24.0 Å². The first kappa shape index (κ1) is 25.5. The van der Waals surface area contributed by atoms with Crippen molar-refractivity contribution in [2.24, 2.45) is 0 Å². The van der Waals surface area contributed by atoms with Crippen molar-refractivity contribution in [2.45, 2.75) is 44.2 Å². The van der Waals surface area contributed by atoms with Crippen molar-refractivity contribution in [1.29, 1.82) is 0 Å². The minimum absolute atomic E-state index is 0.0679. The van der Waals surface area contributed by atoms with Crippen LogP contribution in [0.4, 0.5) is 5.82 Å². The zero-order chi connectivity index (χ0) is 27.0. The Morgan fingerprint density at radius 1 is 1.26 bits per heavy atom. The number of hydrogen-bond donors (Lipinski definition) is 3. The number of nitrogens with one attached hydrogen (secondary N) is 2. The molecule has 1 fully saturated rings. The van der Waals surface area contributed by atoms with Gasteiger partial charge >= 0.3 is 0 Å². The van der Waals surface area contributed by atoms with Crippen LogP contribution in [0.3, 0.4) is 0 Å². The van der Waals surface area contributed by atoms with Gasteiger partial charge in [-0.15, -0.1) is 0 Å². The second-order valence-electron chi connectivity index (χ2n) is 9.32. The lowest BCUT2D eigenvalue weighted by Gasteiger charge is -2.32. The summed E-state index contributed by atoms with van der Waals surface area (Å²) in [6.45, 7) is 8.21. The van der Waals surface area contributed by atoms with E-state index in [9.17, 15) is 13.2 Å². The summed E-state index contributed by atoms with van der Waals surface area (Å²) < 4.78 is 30.0. The van der Waals surface area contributed by atoms with E-state index in [1.54, 1.807) is 18.7 Å². The fourth-order valence-corrected chi connectivity index (χ4v) is 6.29. The number of aromatic nitrogens is 6. The van der Waals surface area contributed by atoms with E-state index in [0.29, 0.717) is 47.0 Å². The third kappa shape index (κ3) is 4.65. The lowest BCUT2D eigenvalue weighted by Crippen LogP contribution is -2.40. The third-order valence-corrected chi connectivity index (χ3v) is 8.43. The summed E-state index contributed by atoms with van der Waals surface area (Å²) in [6.07, 6.45) is 4.42. The molecule has 1 unspecified atom stereocenters. The maximum absolute atomic E-state index is 12.8. The number of fused-ring (bicyclic) bond motifs is 1. The van der Waals surface area contributed by atoms with Crippen molar-refractivity contribution in [3.8, 4) is 11.3 Å². The molecule has 5 rings (SSSR count). The van der Waals surface area contributed by atoms with Gasteiger partial charge in [0.05, 0.1) is 22.8 Å². The molecule has 4 N–H and O–H groups in total. The molecule has 1 amide bonds. The van der Waals surface area contributed by atoms with E-state index in [-0.39, 0.29) is 23.4 Å². The first-order chi connectivity index (χ1) is 18.2. The van der Waals surface area contributed by atoms with Gasteiger partial charge in [0.15, 0.2) is 5.65 Å². The van der Waals surface area contributed by atoms with Crippen molar-refractivity contribution in [3.63, 3.8) is 0 Å². The number of piperidine rings is 1. The highest BCUT2D eigenvalue weighted by Crippen LogP contribution is 2.34. The minimum Gasteiger partial charge on any atom is -0.383 e. The van der Waals surface area contributed by atoms with Crippen molar-refractivity contribution in [3.05, 3.63) is 60.2 Å². The second-order valence-corrected chi connectivity index (χ2v) is 11.0. The predicted octanol–water partition coefficient (Wildman–Crippen LogP) is 2.24. The van der Waals surface area contributed by atoms with E-state index in [4.69, 9.17) is 10.8 Å². The van der Waals surface area contributed by atoms with Crippen LogP contribution < -0.4 is 10.5 Å². The summed E-state index contributed by atoms with van der Waals surface area (Å²) in [5, 5.41) is 12.2. The van der Waals surface area contributed by atoms with Crippen molar-refractivity contribution >= 4 is 32.8 Å². The zero-order valence-corrected chi connectivity index (χ0v) is 22.0. The van der Waals surface area contributed by atoms with Gasteiger partial charge in [-0.05, 0) is 38.3 Å². The number of anilines is 1. The van der Waals surface area contributed by atoms with E-state index >= 15 is 0 Å². The molecule has 0 aliphatic carbocycles. The number of hydrogen-bond acceptors (Lipinski definition) is 8. The number of nitrogens with zero attached hydrogens (tertiary/aromatic N) is 6. The van der Waals surface area contributed by atoms with Crippen LogP contribution in [-0.4, -0.2) is 62.3 Å². The summed E-state index contributed by atoms with van der Waals surface area (Å²) in [5.41, 5.74) is 9.97. The Bertz CT molecular complexity index is 1600. The number of benzene rings is 1.